The third-order valence-electron chi connectivity index (χ3n) is 3.16. The molecule has 0 bridgehead atoms. The van der Waals surface area contributed by atoms with Gasteiger partial charge in [-0.25, -0.2) is 0 Å². The number of carbonyl (C=O) groups excluding carboxylic acids is 1. The molecule has 3 heteroatoms. The lowest BCUT2D eigenvalue weighted by atomic mass is 9.95. The Bertz CT molecular complexity index is 351. The van der Waals surface area contributed by atoms with Crippen molar-refractivity contribution in [2.75, 3.05) is 11.9 Å². The molecule has 0 amide bonds. The molecule has 3 N–H and O–H groups in total. The van der Waals surface area contributed by atoms with Gasteiger partial charge in [0, 0.05) is 12.2 Å². The number of rotatable bonds is 8. The van der Waals surface area contributed by atoms with E-state index in [-0.39, 0.29) is 11.8 Å². The molecule has 0 aromatic heterocycles. The molecule has 100 valence electrons. The maximum Gasteiger partial charge on any atom is 0.146 e. The Morgan fingerprint density at radius 1 is 1.33 bits per heavy atom. The predicted molar refractivity (Wildman–Crippen MR) is 76.6 cm³/mol. The van der Waals surface area contributed by atoms with Crippen LogP contribution in [0.15, 0.2) is 30.3 Å². The average molecular weight is 248 g/mol. The summed E-state index contributed by atoms with van der Waals surface area (Å²) in [5.41, 5.74) is 6.91. The molecule has 0 aliphatic carbocycles. The first-order chi connectivity index (χ1) is 8.59. The Labute approximate surface area is 110 Å². The minimum absolute atomic E-state index is 0.0873. The van der Waals surface area contributed by atoms with Crippen LogP contribution < -0.4 is 11.1 Å². The summed E-state index contributed by atoms with van der Waals surface area (Å²) in [6.07, 6.45) is 2.99. The molecular weight excluding hydrogens is 224 g/mol. The number of benzene rings is 1. The minimum Gasteiger partial charge on any atom is -0.385 e. The predicted octanol–water partition coefficient (Wildman–Crippen LogP) is 2.82. The lowest BCUT2D eigenvalue weighted by Crippen LogP contribution is -2.30. The zero-order chi connectivity index (χ0) is 13.4. The molecule has 0 heterocycles. The summed E-state index contributed by atoms with van der Waals surface area (Å²) in [4.78, 5) is 11.1. The van der Waals surface area contributed by atoms with E-state index >= 15 is 0 Å². The molecule has 1 aromatic carbocycles. The molecule has 0 unspecified atom stereocenters. The van der Waals surface area contributed by atoms with Gasteiger partial charge >= 0.3 is 0 Å². The Balaban J connectivity index is 2.12. The second kappa shape index (κ2) is 7.88. The van der Waals surface area contributed by atoms with Crippen LogP contribution in [-0.4, -0.2) is 18.4 Å². The standard InChI is InChI=1S/C15H24N2O/c1-12(11-15(16)13(2)18)7-6-10-17-14-8-4-3-5-9-14/h3-5,8-9,12,15,17H,6-7,10-11,16H2,1-2H3/t12-,15-/m0/s1. The van der Waals surface area contributed by atoms with Crippen LogP contribution in [0.2, 0.25) is 0 Å². The quantitative estimate of drug-likeness (QED) is 0.696. The first kappa shape index (κ1) is 14.7. The van der Waals surface area contributed by atoms with Gasteiger partial charge in [0.25, 0.3) is 0 Å². The number of Topliss-reactive ketones (excluding diaryl/α,β-unsaturated/α-hetero) is 1. The number of hydrogen-bond acceptors (Lipinski definition) is 3. The number of ketones is 1. The van der Waals surface area contributed by atoms with Gasteiger partial charge < -0.3 is 11.1 Å². The van der Waals surface area contributed by atoms with Crippen LogP contribution in [0, 0.1) is 5.92 Å². The number of nitrogens with one attached hydrogen (secondary N) is 1. The van der Waals surface area contributed by atoms with Crippen molar-refractivity contribution in [1.29, 1.82) is 0 Å². The molecule has 0 fully saturated rings. The highest BCUT2D eigenvalue weighted by Gasteiger charge is 2.12. The van der Waals surface area contributed by atoms with Gasteiger partial charge in [-0.3, -0.25) is 4.79 Å². The molecule has 1 rings (SSSR count). The second-order valence-corrected chi connectivity index (χ2v) is 4.99. The van der Waals surface area contributed by atoms with Crippen molar-refractivity contribution in [3.8, 4) is 0 Å². The van der Waals surface area contributed by atoms with Gasteiger partial charge in [-0.2, -0.15) is 0 Å². The van der Waals surface area contributed by atoms with Gasteiger partial charge in [0.05, 0.1) is 6.04 Å². The van der Waals surface area contributed by atoms with Crippen molar-refractivity contribution in [1.82, 2.24) is 0 Å². The lowest BCUT2D eigenvalue weighted by Gasteiger charge is -2.15. The maximum atomic E-state index is 11.1. The number of nitrogens with two attached hydrogens (primary N) is 1. The molecule has 1 aromatic rings. The highest BCUT2D eigenvalue weighted by molar-refractivity contribution is 5.81. The normalized spacial score (nSPS) is 13.9. The molecule has 0 saturated carbocycles. The van der Waals surface area contributed by atoms with Gasteiger partial charge in [0.1, 0.15) is 5.78 Å². The Morgan fingerprint density at radius 2 is 2.00 bits per heavy atom. The highest BCUT2D eigenvalue weighted by atomic mass is 16.1. The zero-order valence-corrected chi connectivity index (χ0v) is 11.4. The Hall–Kier alpha value is -1.35. The Kier molecular flexibility index (Phi) is 6.44. The van der Waals surface area contributed by atoms with Gasteiger partial charge in [0.2, 0.25) is 0 Å². The van der Waals surface area contributed by atoms with Crippen molar-refractivity contribution in [2.24, 2.45) is 11.7 Å². The minimum atomic E-state index is -0.290. The molecule has 0 saturated heterocycles. The van der Waals surface area contributed by atoms with Gasteiger partial charge in [-0.15, -0.1) is 0 Å². The fourth-order valence-corrected chi connectivity index (χ4v) is 1.96. The molecule has 3 nitrogen and oxygen atoms in total. The van der Waals surface area contributed by atoms with Crippen LogP contribution in [0.4, 0.5) is 5.69 Å². The summed E-state index contributed by atoms with van der Waals surface area (Å²) >= 11 is 0. The van der Waals surface area contributed by atoms with E-state index in [0.29, 0.717) is 5.92 Å². The van der Waals surface area contributed by atoms with Crippen molar-refractivity contribution in [2.45, 2.75) is 39.2 Å². The van der Waals surface area contributed by atoms with Crippen LogP contribution in [0.25, 0.3) is 0 Å². The van der Waals surface area contributed by atoms with E-state index in [1.807, 2.05) is 18.2 Å². The maximum absolute atomic E-state index is 11.1. The topological polar surface area (TPSA) is 55.1 Å². The zero-order valence-electron chi connectivity index (χ0n) is 11.4. The molecule has 0 spiro atoms. The fraction of sp³-hybridized carbons (Fsp3) is 0.533. The van der Waals surface area contributed by atoms with Crippen LogP contribution >= 0.6 is 0 Å². The van der Waals surface area contributed by atoms with E-state index in [1.54, 1.807) is 6.92 Å². The molecule has 0 radical (unpaired) electrons. The fourth-order valence-electron chi connectivity index (χ4n) is 1.96. The molecule has 0 aliphatic rings. The van der Waals surface area contributed by atoms with Crippen molar-refractivity contribution >= 4 is 11.5 Å². The number of carbonyl (C=O) groups is 1. The third-order valence-corrected chi connectivity index (χ3v) is 3.16. The van der Waals surface area contributed by atoms with E-state index in [1.165, 1.54) is 0 Å². The number of anilines is 1. The van der Waals surface area contributed by atoms with Crippen LogP contribution in [0.5, 0.6) is 0 Å². The van der Waals surface area contributed by atoms with Crippen LogP contribution in [-0.2, 0) is 4.79 Å². The summed E-state index contributed by atoms with van der Waals surface area (Å²) in [5, 5.41) is 3.38. The summed E-state index contributed by atoms with van der Waals surface area (Å²) < 4.78 is 0. The van der Waals surface area contributed by atoms with E-state index < -0.39 is 0 Å². The van der Waals surface area contributed by atoms with E-state index in [2.05, 4.69) is 24.4 Å². The van der Waals surface area contributed by atoms with Gasteiger partial charge in [-0.1, -0.05) is 25.1 Å². The first-order valence-electron chi connectivity index (χ1n) is 6.64. The Morgan fingerprint density at radius 3 is 2.61 bits per heavy atom. The highest BCUT2D eigenvalue weighted by Crippen LogP contribution is 2.13. The summed E-state index contributed by atoms with van der Waals surface area (Å²) in [5.74, 6) is 0.589. The summed E-state index contributed by atoms with van der Waals surface area (Å²) in [6.45, 7) is 4.68. The van der Waals surface area contributed by atoms with E-state index in [4.69, 9.17) is 5.73 Å². The smallest absolute Gasteiger partial charge is 0.146 e. The molecular formula is C15H24N2O. The molecule has 18 heavy (non-hydrogen) atoms. The summed E-state index contributed by atoms with van der Waals surface area (Å²) in [7, 11) is 0. The third kappa shape index (κ3) is 5.82. The lowest BCUT2D eigenvalue weighted by molar-refractivity contribution is -0.118. The monoisotopic (exact) mass is 248 g/mol. The van der Waals surface area contributed by atoms with Crippen LogP contribution in [0.3, 0.4) is 0 Å². The van der Waals surface area contributed by atoms with Gasteiger partial charge in [0.15, 0.2) is 0 Å². The average Bonchev–Trinajstić information content (AvgIpc) is 2.35. The number of hydrogen-bond donors (Lipinski definition) is 2. The van der Waals surface area contributed by atoms with Crippen LogP contribution in [0.1, 0.15) is 33.1 Å². The van der Waals surface area contributed by atoms with E-state index in [0.717, 1.165) is 31.5 Å². The summed E-state index contributed by atoms with van der Waals surface area (Å²) in [6, 6.07) is 9.90. The van der Waals surface area contributed by atoms with Crippen molar-refractivity contribution in [3.05, 3.63) is 30.3 Å². The first-order valence-corrected chi connectivity index (χ1v) is 6.64. The van der Waals surface area contributed by atoms with Gasteiger partial charge in [-0.05, 0) is 44.2 Å². The number of para-hydroxylation sites is 1. The van der Waals surface area contributed by atoms with Crippen molar-refractivity contribution < 1.29 is 4.79 Å². The largest absolute Gasteiger partial charge is 0.385 e. The SMILES string of the molecule is CC(=O)[C@@H](N)C[C@@H](C)CCCNc1ccccc1. The van der Waals surface area contributed by atoms with E-state index in [9.17, 15) is 4.79 Å². The molecule has 2 atom stereocenters. The molecule has 0 aliphatic heterocycles. The second-order valence-electron chi connectivity index (χ2n) is 4.99. The van der Waals surface area contributed by atoms with Crippen molar-refractivity contribution in [3.63, 3.8) is 0 Å².